The van der Waals surface area contributed by atoms with E-state index in [0.717, 1.165) is 21.1 Å². The highest BCUT2D eigenvalue weighted by atomic mass is 32.2. The largest absolute Gasteiger partial charge is 0.310 e. The summed E-state index contributed by atoms with van der Waals surface area (Å²) in [6, 6.07) is 7.23. The predicted octanol–water partition coefficient (Wildman–Crippen LogP) is 2.88. The monoisotopic (exact) mass is 375 g/mol. The number of aryl methyl sites for hydroxylation is 3. The highest BCUT2D eigenvalue weighted by Crippen LogP contribution is 2.28. The van der Waals surface area contributed by atoms with Crippen LogP contribution in [0.15, 0.2) is 29.2 Å². The number of nitrogens with zero attached hydrogens (tertiary/aromatic N) is 2. The van der Waals surface area contributed by atoms with Crippen molar-refractivity contribution in [2.24, 2.45) is 0 Å². The summed E-state index contributed by atoms with van der Waals surface area (Å²) in [7, 11) is -2.38. The standard InChI is InChI=1S/C19H25N3O3S/c1-12-10-13(2)16(5)19(15(12)4)26(24,25)22(6)11-18(23)21-17-9-7-8-14(3)20-17/h7-10H,11H2,1-6H3,(H,20,21,23). The molecule has 0 saturated heterocycles. The SMILES string of the molecule is Cc1cccc(NC(=O)CN(C)S(=O)(=O)c2c(C)c(C)cc(C)c2C)n1. The Kier molecular flexibility index (Phi) is 5.83. The zero-order valence-electron chi connectivity index (χ0n) is 16.0. The molecule has 0 aliphatic carbocycles. The van der Waals surface area contributed by atoms with Gasteiger partial charge in [-0.15, -0.1) is 0 Å². The number of aromatic nitrogens is 1. The van der Waals surface area contributed by atoms with E-state index in [9.17, 15) is 13.2 Å². The van der Waals surface area contributed by atoms with Crippen molar-refractivity contribution in [3.05, 3.63) is 52.2 Å². The Bertz CT molecular complexity index is 926. The average molecular weight is 375 g/mol. The Labute approximate surface area is 155 Å². The first-order valence-electron chi connectivity index (χ1n) is 8.31. The van der Waals surface area contributed by atoms with Crippen molar-refractivity contribution >= 4 is 21.7 Å². The molecule has 0 radical (unpaired) electrons. The minimum Gasteiger partial charge on any atom is -0.310 e. The van der Waals surface area contributed by atoms with Gasteiger partial charge < -0.3 is 5.32 Å². The van der Waals surface area contributed by atoms with Crippen molar-refractivity contribution in [1.82, 2.24) is 9.29 Å². The molecule has 6 nitrogen and oxygen atoms in total. The molecular weight excluding hydrogens is 350 g/mol. The molecular formula is C19H25N3O3S. The molecule has 0 saturated carbocycles. The maximum absolute atomic E-state index is 13.1. The van der Waals surface area contributed by atoms with Gasteiger partial charge in [0.15, 0.2) is 0 Å². The molecule has 0 aliphatic heterocycles. The van der Waals surface area contributed by atoms with Gasteiger partial charge in [-0.1, -0.05) is 12.1 Å². The van der Waals surface area contributed by atoms with Crippen molar-refractivity contribution in [2.75, 3.05) is 18.9 Å². The fourth-order valence-corrected chi connectivity index (χ4v) is 4.50. The van der Waals surface area contributed by atoms with Gasteiger partial charge >= 0.3 is 0 Å². The molecule has 0 spiro atoms. The van der Waals surface area contributed by atoms with Crippen LogP contribution < -0.4 is 5.32 Å². The molecule has 140 valence electrons. The summed E-state index contributed by atoms with van der Waals surface area (Å²) in [5.74, 6) is -0.0339. The summed E-state index contributed by atoms with van der Waals surface area (Å²) in [5.41, 5.74) is 4.01. The van der Waals surface area contributed by atoms with Crippen LogP contribution in [0.25, 0.3) is 0 Å². The lowest BCUT2D eigenvalue weighted by Gasteiger charge is -2.21. The van der Waals surface area contributed by atoms with Crippen LogP contribution in [0.2, 0.25) is 0 Å². The summed E-state index contributed by atoms with van der Waals surface area (Å²) >= 11 is 0. The molecule has 0 atom stereocenters. The van der Waals surface area contributed by atoms with E-state index in [0.29, 0.717) is 16.9 Å². The predicted molar refractivity (Wildman–Crippen MR) is 103 cm³/mol. The number of nitrogens with one attached hydrogen (secondary N) is 1. The molecule has 0 unspecified atom stereocenters. The molecule has 1 N–H and O–H groups in total. The Balaban J connectivity index is 2.26. The smallest absolute Gasteiger partial charge is 0.243 e. The molecule has 0 aliphatic rings. The van der Waals surface area contributed by atoms with E-state index in [-0.39, 0.29) is 11.4 Å². The molecule has 7 heteroatoms. The molecule has 2 aromatic rings. The van der Waals surface area contributed by atoms with Gasteiger partial charge in [-0.05, 0) is 69.0 Å². The van der Waals surface area contributed by atoms with Gasteiger partial charge in [-0.2, -0.15) is 4.31 Å². The Hall–Kier alpha value is -2.25. The van der Waals surface area contributed by atoms with Gasteiger partial charge in [0, 0.05) is 12.7 Å². The lowest BCUT2D eigenvalue weighted by Crippen LogP contribution is -2.36. The van der Waals surface area contributed by atoms with Gasteiger partial charge in [-0.25, -0.2) is 13.4 Å². The maximum atomic E-state index is 13.1. The number of likely N-dealkylation sites (N-methyl/N-ethyl adjacent to an activating group) is 1. The molecule has 1 amide bonds. The quantitative estimate of drug-likeness (QED) is 0.871. The zero-order valence-corrected chi connectivity index (χ0v) is 16.9. The van der Waals surface area contributed by atoms with E-state index in [1.165, 1.54) is 7.05 Å². The number of carbonyl (C=O) groups is 1. The van der Waals surface area contributed by atoms with Crippen molar-refractivity contribution < 1.29 is 13.2 Å². The molecule has 0 fully saturated rings. The average Bonchev–Trinajstić information content (AvgIpc) is 2.52. The first kappa shape index (κ1) is 20.1. The summed E-state index contributed by atoms with van der Waals surface area (Å²) < 4.78 is 27.2. The summed E-state index contributed by atoms with van der Waals surface area (Å²) in [4.78, 5) is 16.7. The third-order valence-electron chi connectivity index (χ3n) is 4.49. The van der Waals surface area contributed by atoms with Crippen LogP contribution in [0.1, 0.15) is 27.9 Å². The number of hydrogen-bond donors (Lipinski definition) is 1. The molecule has 0 bridgehead atoms. The Morgan fingerprint density at radius 2 is 1.65 bits per heavy atom. The molecule has 2 rings (SSSR count). The van der Waals surface area contributed by atoms with E-state index < -0.39 is 15.9 Å². The maximum Gasteiger partial charge on any atom is 0.243 e. The number of hydrogen-bond acceptors (Lipinski definition) is 4. The van der Waals surface area contributed by atoms with Gasteiger partial charge in [0.2, 0.25) is 15.9 Å². The third kappa shape index (κ3) is 4.11. The van der Waals surface area contributed by atoms with Crippen LogP contribution in [-0.4, -0.2) is 37.2 Å². The highest BCUT2D eigenvalue weighted by molar-refractivity contribution is 7.89. The molecule has 26 heavy (non-hydrogen) atoms. The van der Waals surface area contributed by atoms with Crippen molar-refractivity contribution in [1.29, 1.82) is 0 Å². The third-order valence-corrected chi connectivity index (χ3v) is 6.57. The van der Waals surface area contributed by atoms with Crippen LogP contribution in [0, 0.1) is 34.6 Å². The lowest BCUT2D eigenvalue weighted by molar-refractivity contribution is -0.116. The number of pyridine rings is 1. The second-order valence-electron chi connectivity index (χ2n) is 6.56. The van der Waals surface area contributed by atoms with Crippen molar-refractivity contribution in [3.8, 4) is 0 Å². The first-order chi connectivity index (χ1) is 12.0. The minimum absolute atomic E-state index is 0.277. The van der Waals surface area contributed by atoms with E-state index in [2.05, 4.69) is 10.3 Å². The molecule has 1 aromatic carbocycles. The van der Waals surface area contributed by atoms with Gasteiger partial charge in [0.25, 0.3) is 0 Å². The molecule has 1 heterocycles. The van der Waals surface area contributed by atoms with Crippen LogP contribution >= 0.6 is 0 Å². The van der Waals surface area contributed by atoms with E-state index >= 15 is 0 Å². The number of benzene rings is 1. The van der Waals surface area contributed by atoms with Crippen LogP contribution in [0.3, 0.4) is 0 Å². The van der Waals surface area contributed by atoms with Crippen molar-refractivity contribution in [2.45, 2.75) is 39.5 Å². The number of sulfonamides is 1. The Morgan fingerprint density at radius 1 is 1.08 bits per heavy atom. The van der Waals surface area contributed by atoms with Gasteiger partial charge in [0.1, 0.15) is 5.82 Å². The second-order valence-corrected chi connectivity index (χ2v) is 8.54. The fraction of sp³-hybridized carbons (Fsp3) is 0.368. The summed E-state index contributed by atoms with van der Waals surface area (Å²) in [6.07, 6.45) is 0. The summed E-state index contributed by atoms with van der Waals surface area (Å²) in [5, 5.41) is 2.63. The van der Waals surface area contributed by atoms with Crippen LogP contribution in [0.4, 0.5) is 5.82 Å². The summed E-state index contributed by atoms with van der Waals surface area (Å²) in [6.45, 7) is 8.88. The number of anilines is 1. The van der Waals surface area contributed by atoms with E-state index in [1.54, 1.807) is 26.0 Å². The van der Waals surface area contributed by atoms with Gasteiger partial charge in [0.05, 0.1) is 11.4 Å². The van der Waals surface area contributed by atoms with Crippen LogP contribution in [-0.2, 0) is 14.8 Å². The Morgan fingerprint density at radius 3 is 2.19 bits per heavy atom. The van der Waals surface area contributed by atoms with Gasteiger partial charge in [-0.3, -0.25) is 4.79 Å². The second kappa shape index (κ2) is 7.55. The fourth-order valence-electron chi connectivity index (χ4n) is 2.81. The van der Waals surface area contributed by atoms with Crippen molar-refractivity contribution in [3.63, 3.8) is 0 Å². The number of amides is 1. The zero-order chi connectivity index (χ0) is 19.6. The normalized spacial score (nSPS) is 11.7. The highest BCUT2D eigenvalue weighted by Gasteiger charge is 2.28. The lowest BCUT2D eigenvalue weighted by atomic mass is 10.0. The minimum atomic E-state index is -3.79. The number of carbonyl (C=O) groups excluding carboxylic acids is 1. The van der Waals surface area contributed by atoms with E-state index in [4.69, 9.17) is 0 Å². The van der Waals surface area contributed by atoms with E-state index in [1.807, 2.05) is 32.9 Å². The first-order valence-corrected chi connectivity index (χ1v) is 9.75. The molecule has 1 aromatic heterocycles. The van der Waals surface area contributed by atoms with Crippen LogP contribution in [0.5, 0.6) is 0 Å². The topological polar surface area (TPSA) is 79.4 Å². The number of rotatable bonds is 5.